The van der Waals surface area contributed by atoms with Crippen LogP contribution in [0.3, 0.4) is 0 Å². The fourth-order valence-corrected chi connectivity index (χ4v) is 2.69. The minimum atomic E-state index is 0.0622. The van der Waals surface area contributed by atoms with Gasteiger partial charge in [-0.05, 0) is 42.3 Å². The number of benzene rings is 2. The molecule has 4 rings (SSSR count). The van der Waals surface area contributed by atoms with Gasteiger partial charge in [-0.25, -0.2) is 4.98 Å². The number of amides is 1. The van der Waals surface area contributed by atoms with E-state index in [0.717, 1.165) is 34.7 Å². The lowest BCUT2D eigenvalue weighted by molar-refractivity contribution is -0.116. The summed E-state index contributed by atoms with van der Waals surface area (Å²) in [5.41, 5.74) is 3.64. The van der Waals surface area contributed by atoms with Crippen LogP contribution < -0.4 is 10.1 Å². The van der Waals surface area contributed by atoms with Gasteiger partial charge in [0.05, 0.1) is 0 Å². The Morgan fingerprint density at radius 3 is 2.88 bits per heavy atom. The summed E-state index contributed by atoms with van der Waals surface area (Å²) in [6, 6.07) is 15.4. The Morgan fingerprint density at radius 2 is 2.00 bits per heavy atom. The van der Waals surface area contributed by atoms with E-state index in [1.807, 2.05) is 48.5 Å². The molecule has 120 valence electrons. The van der Waals surface area contributed by atoms with Crippen LogP contribution in [0, 0.1) is 0 Å². The van der Waals surface area contributed by atoms with E-state index >= 15 is 0 Å². The molecule has 0 spiro atoms. The van der Waals surface area contributed by atoms with Crippen molar-refractivity contribution >= 4 is 11.6 Å². The monoisotopic (exact) mass is 320 g/mol. The molecular formula is C19H16N2O3. The highest BCUT2D eigenvalue weighted by Crippen LogP contribution is 2.27. The molecule has 0 bridgehead atoms. The number of aryl methyl sites for hydroxylation is 1. The second kappa shape index (κ2) is 6.20. The molecule has 0 unspecified atom stereocenters. The number of rotatable bonds is 4. The largest absolute Gasteiger partial charge is 0.487 e. The third-order valence-corrected chi connectivity index (χ3v) is 3.93. The maximum absolute atomic E-state index is 11.4. The number of fused-ring (bicyclic) bond motifs is 1. The lowest BCUT2D eigenvalue weighted by Gasteiger charge is -2.17. The van der Waals surface area contributed by atoms with E-state index in [9.17, 15) is 4.79 Å². The molecule has 0 atom stereocenters. The third-order valence-electron chi connectivity index (χ3n) is 3.93. The number of nitrogens with zero attached hydrogens (tertiary/aromatic N) is 1. The number of carbonyl (C=O) groups excluding carboxylic acids is 1. The second-order valence-corrected chi connectivity index (χ2v) is 5.67. The lowest BCUT2D eigenvalue weighted by atomic mass is 10.0. The number of nitrogens with one attached hydrogen (secondary N) is 1. The molecule has 0 saturated carbocycles. The maximum atomic E-state index is 11.4. The molecule has 0 aliphatic carbocycles. The Balaban J connectivity index is 1.44. The van der Waals surface area contributed by atoms with Gasteiger partial charge in [-0.1, -0.05) is 18.2 Å². The normalized spacial score (nSPS) is 13.2. The van der Waals surface area contributed by atoms with Crippen LogP contribution >= 0.6 is 0 Å². The predicted octanol–water partition coefficient (Wildman–Crippen LogP) is 3.81. The first-order valence-electron chi connectivity index (χ1n) is 7.83. The molecule has 0 fully saturated rings. The molecule has 24 heavy (non-hydrogen) atoms. The smallest absolute Gasteiger partial charge is 0.226 e. The Kier molecular flexibility index (Phi) is 3.75. The van der Waals surface area contributed by atoms with Crippen molar-refractivity contribution in [2.24, 2.45) is 0 Å². The number of anilines is 1. The lowest BCUT2D eigenvalue weighted by Crippen LogP contribution is -2.18. The van der Waals surface area contributed by atoms with Gasteiger partial charge < -0.3 is 14.5 Å². The molecule has 3 aromatic rings. The van der Waals surface area contributed by atoms with Gasteiger partial charge in [0.15, 0.2) is 0 Å². The van der Waals surface area contributed by atoms with E-state index in [1.165, 1.54) is 0 Å². The number of hydrogen-bond donors (Lipinski definition) is 1. The minimum Gasteiger partial charge on any atom is -0.487 e. The average molecular weight is 320 g/mol. The molecule has 1 aliphatic heterocycles. The molecule has 2 aromatic carbocycles. The molecule has 5 nitrogen and oxygen atoms in total. The van der Waals surface area contributed by atoms with Gasteiger partial charge in [-0.15, -0.1) is 0 Å². The van der Waals surface area contributed by atoms with E-state index in [2.05, 4.69) is 10.3 Å². The summed E-state index contributed by atoms with van der Waals surface area (Å²) in [5.74, 6) is 1.41. The average Bonchev–Trinajstić information content (AvgIpc) is 3.10. The summed E-state index contributed by atoms with van der Waals surface area (Å²) in [5, 5.41) is 2.86. The van der Waals surface area contributed by atoms with Crippen LogP contribution in [0.5, 0.6) is 5.75 Å². The summed E-state index contributed by atoms with van der Waals surface area (Å²) in [7, 11) is 0. The van der Waals surface area contributed by atoms with Crippen molar-refractivity contribution in [1.82, 2.24) is 4.98 Å². The predicted molar refractivity (Wildman–Crippen MR) is 89.7 cm³/mol. The number of carbonyl (C=O) groups is 1. The molecule has 1 N–H and O–H groups in total. The van der Waals surface area contributed by atoms with Crippen molar-refractivity contribution in [3.8, 4) is 17.2 Å². The molecule has 0 saturated heterocycles. The van der Waals surface area contributed by atoms with Crippen LogP contribution in [-0.2, 0) is 17.8 Å². The van der Waals surface area contributed by atoms with Crippen LogP contribution in [-0.4, -0.2) is 10.9 Å². The van der Waals surface area contributed by atoms with E-state index in [0.29, 0.717) is 18.9 Å². The van der Waals surface area contributed by atoms with Gasteiger partial charge in [0.25, 0.3) is 0 Å². The highest BCUT2D eigenvalue weighted by molar-refractivity contribution is 5.93. The SMILES string of the molecule is O=C1CCc2cc(OCc3coc(-c4ccccc4)n3)ccc2N1. The molecule has 5 heteroatoms. The second-order valence-electron chi connectivity index (χ2n) is 5.67. The summed E-state index contributed by atoms with van der Waals surface area (Å²) in [4.78, 5) is 15.8. The third kappa shape index (κ3) is 3.01. The van der Waals surface area contributed by atoms with Gasteiger partial charge in [0, 0.05) is 17.7 Å². The van der Waals surface area contributed by atoms with Gasteiger partial charge in [-0.3, -0.25) is 4.79 Å². The first kappa shape index (κ1) is 14.5. The van der Waals surface area contributed by atoms with Crippen molar-refractivity contribution < 1.29 is 13.9 Å². The molecule has 1 aliphatic rings. The fourth-order valence-electron chi connectivity index (χ4n) is 2.69. The van der Waals surface area contributed by atoms with Gasteiger partial charge >= 0.3 is 0 Å². The van der Waals surface area contributed by atoms with E-state index in [4.69, 9.17) is 9.15 Å². The van der Waals surface area contributed by atoms with Crippen molar-refractivity contribution in [2.45, 2.75) is 19.4 Å². The molecular weight excluding hydrogens is 304 g/mol. The minimum absolute atomic E-state index is 0.0622. The summed E-state index contributed by atoms with van der Waals surface area (Å²) < 4.78 is 11.3. The van der Waals surface area contributed by atoms with E-state index in [1.54, 1.807) is 6.26 Å². The maximum Gasteiger partial charge on any atom is 0.226 e. The topological polar surface area (TPSA) is 64.4 Å². The van der Waals surface area contributed by atoms with E-state index < -0.39 is 0 Å². The number of hydrogen-bond acceptors (Lipinski definition) is 4. The summed E-state index contributed by atoms with van der Waals surface area (Å²) in [6.07, 6.45) is 2.86. The van der Waals surface area contributed by atoms with Crippen molar-refractivity contribution in [2.75, 3.05) is 5.32 Å². The van der Waals surface area contributed by atoms with Gasteiger partial charge in [-0.2, -0.15) is 0 Å². The number of aromatic nitrogens is 1. The quantitative estimate of drug-likeness (QED) is 0.794. The van der Waals surface area contributed by atoms with Crippen LogP contribution in [0.1, 0.15) is 17.7 Å². The van der Waals surface area contributed by atoms with Gasteiger partial charge in [0.1, 0.15) is 24.3 Å². The molecule has 1 aromatic heterocycles. The first-order valence-corrected chi connectivity index (χ1v) is 7.83. The summed E-state index contributed by atoms with van der Waals surface area (Å²) >= 11 is 0. The van der Waals surface area contributed by atoms with Crippen molar-refractivity contribution in [3.63, 3.8) is 0 Å². The Labute approximate surface area is 139 Å². The highest BCUT2D eigenvalue weighted by atomic mass is 16.5. The van der Waals surface area contributed by atoms with Gasteiger partial charge in [0.2, 0.25) is 11.8 Å². The fraction of sp³-hybridized carbons (Fsp3) is 0.158. The Bertz CT molecular complexity index is 871. The first-order chi connectivity index (χ1) is 11.8. The zero-order chi connectivity index (χ0) is 16.4. The van der Waals surface area contributed by atoms with Crippen LogP contribution in [0.2, 0.25) is 0 Å². The van der Waals surface area contributed by atoms with Crippen molar-refractivity contribution in [3.05, 3.63) is 66.1 Å². The molecule has 1 amide bonds. The Hall–Kier alpha value is -3.08. The molecule has 0 radical (unpaired) electrons. The standard InChI is InChI=1S/C19H16N2O3/c22-18-9-6-14-10-16(7-8-17(14)21-18)23-11-15-12-24-19(20-15)13-4-2-1-3-5-13/h1-5,7-8,10,12H,6,9,11H2,(H,21,22). The zero-order valence-electron chi connectivity index (χ0n) is 13.0. The van der Waals surface area contributed by atoms with Crippen molar-refractivity contribution in [1.29, 1.82) is 0 Å². The van der Waals surface area contributed by atoms with Crippen LogP contribution in [0.25, 0.3) is 11.5 Å². The zero-order valence-corrected chi connectivity index (χ0v) is 13.0. The number of ether oxygens (including phenoxy) is 1. The Morgan fingerprint density at radius 1 is 1.12 bits per heavy atom. The van der Waals surface area contributed by atoms with E-state index in [-0.39, 0.29) is 5.91 Å². The van der Waals surface area contributed by atoms with Crippen LogP contribution in [0.15, 0.2) is 59.2 Å². The number of oxazole rings is 1. The molecule has 2 heterocycles. The van der Waals surface area contributed by atoms with Crippen LogP contribution in [0.4, 0.5) is 5.69 Å². The highest BCUT2D eigenvalue weighted by Gasteiger charge is 2.15. The summed E-state index contributed by atoms with van der Waals surface area (Å²) in [6.45, 7) is 0.335.